The van der Waals surface area contributed by atoms with E-state index >= 15 is 0 Å². The summed E-state index contributed by atoms with van der Waals surface area (Å²) in [6.45, 7) is 2.02. The number of aryl methyl sites for hydroxylation is 1. The van der Waals surface area contributed by atoms with Gasteiger partial charge in [-0.2, -0.15) is 5.26 Å². The number of aromatic amines is 1. The highest BCUT2D eigenvalue weighted by Gasteiger charge is 2.10. The van der Waals surface area contributed by atoms with Crippen LogP contribution in [-0.2, 0) is 0 Å². The maximum atomic E-state index is 9.55. The summed E-state index contributed by atoms with van der Waals surface area (Å²) in [6.07, 6.45) is 1.69. The van der Waals surface area contributed by atoms with E-state index in [-0.39, 0.29) is 0 Å². The number of hydrogen-bond donors (Lipinski definition) is 1. The van der Waals surface area contributed by atoms with Gasteiger partial charge in [0.2, 0.25) is 0 Å². The third-order valence-electron chi connectivity index (χ3n) is 3.93. The molecule has 0 atom stereocenters. The van der Waals surface area contributed by atoms with Crippen LogP contribution in [0.2, 0.25) is 5.02 Å². The summed E-state index contributed by atoms with van der Waals surface area (Å²) in [5.74, 6) is 1.13. The first-order valence-electron chi connectivity index (χ1n) is 8.22. The molecule has 132 valence electrons. The Bertz CT molecular complexity index is 1180. The van der Waals surface area contributed by atoms with Gasteiger partial charge >= 0.3 is 0 Å². The van der Waals surface area contributed by atoms with E-state index < -0.39 is 0 Å². The van der Waals surface area contributed by atoms with Crippen molar-refractivity contribution in [2.75, 3.05) is 0 Å². The van der Waals surface area contributed by atoms with Crippen LogP contribution in [0.3, 0.4) is 0 Å². The number of hydrogen-bond acceptors (Lipinski definition) is 4. The Morgan fingerprint density at radius 3 is 2.78 bits per heavy atom. The fourth-order valence-corrected chi connectivity index (χ4v) is 3.54. The van der Waals surface area contributed by atoms with Crippen LogP contribution in [0.25, 0.3) is 22.7 Å². The largest absolute Gasteiger partial charge is 0.450 e. The maximum absolute atomic E-state index is 9.55. The predicted octanol–water partition coefficient (Wildman–Crippen LogP) is 6.33. The third kappa shape index (κ3) is 3.92. The first kappa shape index (κ1) is 17.5. The Hall–Kier alpha value is -2.94. The minimum atomic E-state index is 0.418. The Morgan fingerprint density at radius 1 is 1.19 bits per heavy atom. The van der Waals surface area contributed by atoms with E-state index in [0.29, 0.717) is 22.2 Å². The zero-order valence-corrected chi connectivity index (χ0v) is 15.9. The molecule has 4 nitrogen and oxygen atoms in total. The molecule has 0 amide bonds. The van der Waals surface area contributed by atoms with E-state index in [1.165, 1.54) is 11.8 Å². The van der Waals surface area contributed by atoms with E-state index in [0.717, 1.165) is 26.6 Å². The van der Waals surface area contributed by atoms with Gasteiger partial charge in [-0.3, -0.25) is 0 Å². The summed E-state index contributed by atoms with van der Waals surface area (Å²) < 4.78 is 5.83. The molecular formula is C21H14ClN3OS. The summed E-state index contributed by atoms with van der Waals surface area (Å²) >= 11 is 7.40. The zero-order valence-electron chi connectivity index (χ0n) is 14.4. The van der Waals surface area contributed by atoms with Crippen LogP contribution in [0.1, 0.15) is 17.1 Å². The lowest BCUT2D eigenvalue weighted by Gasteiger charge is -1.97. The van der Waals surface area contributed by atoms with Gasteiger partial charge in [0.15, 0.2) is 5.09 Å². The van der Waals surface area contributed by atoms with Crippen LogP contribution in [0, 0.1) is 18.3 Å². The molecule has 0 bridgehead atoms. The number of fused-ring (bicyclic) bond motifs is 1. The number of halogens is 1. The molecule has 0 fully saturated rings. The van der Waals surface area contributed by atoms with Crippen molar-refractivity contribution in [2.24, 2.45) is 0 Å². The molecule has 4 rings (SSSR count). The Morgan fingerprint density at radius 2 is 2.00 bits per heavy atom. The van der Waals surface area contributed by atoms with Crippen LogP contribution in [0.5, 0.6) is 0 Å². The molecule has 2 heterocycles. The molecule has 1 N–H and O–H groups in total. The van der Waals surface area contributed by atoms with Crippen LogP contribution < -0.4 is 0 Å². The Kier molecular flexibility index (Phi) is 4.76. The Balaban J connectivity index is 1.60. The predicted molar refractivity (Wildman–Crippen MR) is 109 cm³/mol. The number of nitrogens with zero attached hydrogens (tertiary/aromatic N) is 2. The first-order chi connectivity index (χ1) is 13.1. The van der Waals surface area contributed by atoms with E-state index in [1.54, 1.807) is 6.08 Å². The minimum Gasteiger partial charge on any atom is -0.450 e. The number of H-pyrrole nitrogens is 1. The Labute approximate surface area is 165 Å². The fraction of sp³-hybridized carbons (Fsp3) is 0.0476. The molecule has 27 heavy (non-hydrogen) atoms. The van der Waals surface area contributed by atoms with E-state index in [1.807, 2.05) is 61.5 Å². The third-order valence-corrected chi connectivity index (χ3v) is 5.11. The van der Waals surface area contributed by atoms with Gasteiger partial charge in [-0.05, 0) is 61.0 Å². The summed E-state index contributed by atoms with van der Waals surface area (Å²) in [4.78, 5) is 8.72. The van der Waals surface area contributed by atoms with Crippen molar-refractivity contribution in [3.63, 3.8) is 0 Å². The van der Waals surface area contributed by atoms with Gasteiger partial charge in [-0.15, -0.1) is 0 Å². The minimum absolute atomic E-state index is 0.418. The van der Waals surface area contributed by atoms with Crippen molar-refractivity contribution in [1.82, 2.24) is 9.97 Å². The molecule has 2 aromatic carbocycles. The second kappa shape index (κ2) is 7.36. The molecule has 0 spiro atoms. The quantitative estimate of drug-likeness (QED) is 0.412. The van der Waals surface area contributed by atoms with E-state index in [2.05, 4.69) is 16.0 Å². The van der Waals surface area contributed by atoms with Gasteiger partial charge in [-0.1, -0.05) is 29.4 Å². The highest BCUT2D eigenvalue weighted by molar-refractivity contribution is 7.99. The van der Waals surface area contributed by atoms with Gasteiger partial charge in [0.05, 0.1) is 16.6 Å². The summed E-state index contributed by atoms with van der Waals surface area (Å²) in [5.41, 5.74) is 3.29. The number of rotatable bonds is 4. The topological polar surface area (TPSA) is 65.6 Å². The number of nitrogens with one attached hydrogen (secondary N) is 1. The molecule has 0 saturated heterocycles. The molecule has 0 aliphatic rings. The number of furan rings is 1. The van der Waals surface area contributed by atoms with Crippen molar-refractivity contribution < 1.29 is 4.42 Å². The van der Waals surface area contributed by atoms with Crippen LogP contribution in [0.15, 0.2) is 69.0 Å². The number of benzene rings is 2. The van der Waals surface area contributed by atoms with Crippen LogP contribution in [-0.4, -0.2) is 9.97 Å². The van der Waals surface area contributed by atoms with Gasteiger partial charge < -0.3 is 9.40 Å². The fourth-order valence-electron chi connectivity index (χ4n) is 2.63. The van der Waals surface area contributed by atoms with E-state index in [4.69, 9.17) is 16.0 Å². The molecule has 0 saturated carbocycles. The average molecular weight is 392 g/mol. The molecule has 2 aromatic heterocycles. The molecule has 0 aliphatic carbocycles. The monoisotopic (exact) mass is 391 g/mol. The normalized spacial score (nSPS) is 11.7. The lowest BCUT2D eigenvalue weighted by atomic mass is 10.2. The maximum Gasteiger partial charge on any atom is 0.165 e. The smallest absolute Gasteiger partial charge is 0.165 e. The van der Waals surface area contributed by atoms with Crippen molar-refractivity contribution in [3.05, 3.63) is 76.8 Å². The second-order valence-corrected chi connectivity index (χ2v) is 7.50. The molecule has 6 heteroatoms. The number of allylic oxidation sites excluding steroid dienone is 1. The lowest BCUT2D eigenvalue weighted by Crippen LogP contribution is -1.84. The average Bonchev–Trinajstić information content (AvgIpc) is 3.27. The number of nitriles is 1. The van der Waals surface area contributed by atoms with Crippen LogP contribution >= 0.6 is 23.4 Å². The molecule has 0 aliphatic heterocycles. The van der Waals surface area contributed by atoms with Crippen molar-refractivity contribution in [1.29, 1.82) is 5.26 Å². The highest BCUT2D eigenvalue weighted by atomic mass is 35.5. The van der Waals surface area contributed by atoms with Crippen molar-refractivity contribution in [2.45, 2.75) is 16.9 Å². The summed E-state index contributed by atoms with van der Waals surface area (Å²) in [7, 11) is 0. The zero-order chi connectivity index (χ0) is 18.8. The van der Waals surface area contributed by atoms with Crippen molar-refractivity contribution in [3.8, 4) is 6.07 Å². The SMILES string of the molecule is Cc1ccc2nc(C(C#N)=Cc3ccc(Sc4ccc(Cl)cc4)o3)[nH]c2c1. The molecular weight excluding hydrogens is 378 g/mol. The molecule has 4 aromatic rings. The van der Waals surface area contributed by atoms with Crippen LogP contribution in [0.4, 0.5) is 0 Å². The van der Waals surface area contributed by atoms with E-state index in [9.17, 15) is 5.26 Å². The standard InChI is InChI=1S/C21H14ClN3OS/c1-13-2-8-18-19(10-13)25-21(24-18)14(12-23)11-16-5-9-20(26-16)27-17-6-3-15(22)4-7-17/h2-11H,1H3,(H,24,25). The molecule has 0 radical (unpaired) electrons. The van der Waals surface area contributed by atoms with Gasteiger partial charge in [0, 0.05) is 16.0 Å². The van der Waals surface area contributed by atoms with Gasteiger partial charge in [0.25, 0.3) is 0 Å². The highest BCUT2D eigenvalue weighted by Crippen LogP contribution is 2.31. The molecule has 0 unspecified atom stereocenters. The summed E-state index contributed by atoms with van der Waals surface area (Å²) in [6, 6.07) is 19.4. The van der Waals surface area contributed by atoms with Gasteiger partial charge in [0.1, 0.15) is 17.7 Å². The lowest BCUT2D eigenvalue weighted by molar-refractivity contribution is 0.466. The summed E-state index contributed by atoms with van der Waals surface area (Å²) in [5, 5.41) is 11.0. The van der Waals surface area contributed by atoms with Crippen molar-refractivity contribution >= 4 is 46.0 Å². The van der Waals surface area contributed by atoms with Gasteiger partial charge in [-0.25, -0.2) is 4.98 Å². The second-order valence-electron chi connectivity index (χ2n) is 5.99. The number of imidazole rings is 1. The first-order valence-corrected chi connectivity index (χ1v) is 9.42. The number of aromatic nitrogens is 2.